The molecular weight excluding hydrogens is 450 g/mol. The minimum Gasteiger partial charge on any atom is -0.384 e. The largest absolute Gasteiger partial charge is 0.384 e. The molecule has 2 heterocycles. The number of carbonyl (C=O) groups excluding carboxylic acids is 1. The van der Waals surface area contributed by atoms with Crippen LogP contribution in [-0.4, -0.2) is 21.8 Å². The van der Waals surface area contributed by atoms with E-state index in [2.05, 4.69) is 21.4 Å². The summed E-state index contributed by atoms with van der Waals surface area (Å²) >= 11 is 0. The van der Waals surface area contributed by atoms with Gasteiger partial charge in [0.1, 0.15) is 11.9 Å². The SMILES string of the molecule is C[C@H](Nc1cc(N)ncc1C#N)C1=Cc2cccc(-c3ccc(=O)[nH]c3)c2C(=O)C1c1ccccc1. The minimum absolute atomic E-state index is 0.0288. The van der Waals surface area contributed by atoms with E-state index in [9.17, 15) is 14.9 Å². The number of nitrogen functional groups attached to an aromatic ring is 1. The maximum atomic E-state index is 14.2. The van der Waals surface area contributed by atoms with Crippen LogP contribution in [-0.2, 0) is 0 Å². The smallest absolute Gasteiger partial charge is 0.247 e. The van der Waals surface area contributed by atoms with Crippen LogP contribution in [0, 0.1) is 11.3 Å². The number of rotatable bonds is 5. The van der Waals surface area contributed by atoms with Crippen molar-refractivity contribution in [1.29, 1.82) is 5.26 Å². The summed E-state index contributed by atoms with van der Waals surface area (Å²) < 4.78 is 0. The number of carbonyl (C=O) groups is 1. The molecule has 0 aliphatic heterocycles. The number of hydrogen-bond acceptors (Lipinski definition) is 6. The van der Waals surface area contributed by atoms with Gasteiger partial charge in [0.25, 0.3) is 0 Å². The Morgan fingerprint density at radius 1 is 1.08 bits per heavy atom. The first-order valence-corrected chi connectivity index (χ1v) is 11.5. The van der Waals surface area contributed by atoms with Crippen molar-refractivity contribution in [2.75, 3.05) is 11.1 Å². The van der Waals surface area contributed by atoms with Gasteiger partial charge in [-0.2, -0.15) is 5.26 Å². The van der Waals surface area contributed by atoms with E-state index in [1.807, 2.05) is 61.5 Å². The van der Waals surface area contributed by atoms with E-state index in [1.165, 1.54) is 12.3 Å². The second-order valence-corrected chi connectivity index (χ2v) is 8.70. The van der Waals surface area contributed by atoms with Gasteiger partial charge < -0.3 is 16.0 Å². The highest BCUT2D eigenvalue weighted by Gasteiger charge is 2.35. The lowest BCUT2D eigenvalue weighted by Gasteiger charge is -2.31. The van der Waals surface area contributed by atoms with Gasteiger partial charge in [-0.05, 0) is 40.8 Å². The van der Waals surface area contributed by atoms with Gasteiger partial charge in [-0.1, -0.05) is 54.6 Å². The number of H-pyrrole nitrogens is 1. The van der Waals surface area contributed by atoms with Crippen LogP contribution >= 0.6 is 0 Å². The number of ketones is 1. The molecule has 1 aliphatic carbocycles. The second kappa shape index (κ2) is 9.35. The van der Waals surface area contributed by atoms with E-state index in [1.54, 1.807) is 18.3 Å². The van der Waals surface area contributed by atoms with E-state index < -0.39 is 5.92 Å². The molecule has 2 atom stereocenters. The van der Waals surface area contributed by atoms with Gasteiger partial charge >= 0.3 is 0 Å². The molecule has 0 amide bonds. The summed E-state index contributed by atoms with van der Waals surface area (Å²) in [6.07, 6.45) is 5.10. The van der Waals surface area contributed by atoms with Crippen molar-refractivity contribution in [3.8, 4) is 17.2 Å². The molecule has 4 N–H and O–H groups in total. The van der Waals surface area contributed by atoms with Crippen LogP contribution in [0.5, 0.6) is 0 Å². The molecule has 0 radical (unpaired) electrons. The van der Waals surface area contributed by atoms with Crippen LogP contribution in [0.3, 0.4) is 0 Å². The topological polar surface area (TPSA) is 125 Å². The number of nitriles is 1. The number of Topliss-reactive ketones (excluding diaryl/α,β-unsaturated/α-hetero) is 1. The van der Waals surface area contributed by atoms with Crippen LogP contribution in [0.2, 0.25) is 0 Å². The van der Waals surface area contributed by atoms with Crippen molar-refractivity contribution in [3.63, 3.8) is 0 Å². The van der Waals surface area contributed by atoms with Gasteiger partial charge in [-0.25, -0.2) is 4.98 Å². The number of aromatic amines is 1. The number of fused-ring (bicyclic) bond motifs is 1. The molecule has 0 spiro atoms. The quantitative estimate of drug-likeness (QED) is 0.384. The lowest BCUT2D eigenvalue weighted by molar-refractivity contribution is 0.0970. The number of nitrogens with one attached hydrogen (secondary N) is 2. The third-order valence-electron chi connectivity index (χ3n) is 6.41. The van der Waals surface area contributed by atoms with Crippen molar-refractivity contribution >= 4 is 23.4 Å². The molecule has 1 unspecified atom stereocenters. The zero-order valence-electron chi connectivity index (χ0n) is 19.5. The Balaban J connectivity index is 1.65. The van der Waals surface area contributed by atoms with Crippen molar-refractivity contribution in [2.24, 2.45) is 0 Å². The molecule has 0 saturated heterocycles. The van der Waals surface area contributed by atoms with Crippen LogP contribution in [0.4, 0.5) is 11.5 Å². The summed E-state index contributed by atoms with van der Waals surface area (Å²) in [6.45, 7) is 1.96. The Morgan fingerprint density at radius 3 is 2.61 bits per heavy atom. The average Bonchev–Trinajstić information content (AvgIpc) is 2.89. The van der Waals surface area contributed by atoms with Crippen LogP contribution in [0.15, 0.2) is 89.5 Å². The molecule has 1 aliphatic rings. The molecule has 0 bridgehead atoms. The lowest BCUT2D eigenvalue weighted by Crippen LogP contribution is -2.30. The van der Waals surface area contributed by atoms with Crippen molar-refractivity contribution in [3.05, 3.63) is 117 Å². The summed E-state index contributed by atoms with van der Waals surface area (Å²) in [7, 11) is 0. The maximum absolute atomic E-state index is 14.2. The Morgan fingerprint density at radius 2 is 1.89 bits per heavy atom. The molecule has 0 saturated carbocycles. The number of nitrogens with two attached hydrogens (primary N) is 1. The first-order valence-electron chi connectivity index (χ1n) is 11.5. The van der Waals surface area contributed by atoms with Gasteiger partial charge in [0.15, 0.2) is 5.78 Å². The van der Waals surface area contributed by atoms with E-state index in [4.69, 9.17) is 5.73 Å². The zero-order valence-corrected chi connectivity index (χ0v) is 19.5. The third-order valence-corrected chi connectivity index (χ3v) is 6.41. The summed E-state index contributed by atoms with van der Waals surface area (Å²) in [5, 5.41) is 12.9. The fraction of sp³-hybridized carbons (Fsp3) is 0.103. The molecule has 4 aromatic rings. The lowest BCUT2D eigenvalue weighted by atomic mass is 9.74. The monoisotopic (exact) mass is 473 g/mol. The van der Waals surface area contributed by atoms with Gasteiger partial charge in [-0.3, -0.25) is 9.59 Å². The number of benzene rings is 2. The van der Waals surface area contributed by atoms with E-state index in [0.717, 1.165) is 27.8 Å². The van der Waals surface area contributed by atoms with E-state index in [-0.39, 0.29) is 17.4 Å². The first kappa shape index (κ1) is 22.8. The van der Waals surface area contributed by atoms with Crippen molar-refractivity contribution in [2.45, 2.75) is 18.9 Å². The fourth-order valence-corrected chi connectivity index (χ4v) is 4.70. The van der Waals surface area contributed by atoms with Gasteiger partial charge in [0.05, 0.1) is 17.2 Å². The highest BCUT2D eigenvalue weighted by atomic mass is 16.1. The molecular formula is C29H23N5O2. The normalized spacial score (nSPS) is 15.4. The third kappa shape index (κ3) is 4.17. The highest BCUT2D eigenvalue weighted by molar-refractivity contribution is 6.13. The van der Waals surface area contributed by atoms with Gasteiger partial charge in [0.2, 0.25) is 5.56 Å². The Labute approximate surface area is 208 Å². The number of hydrogen-bond donors (Lipinski definition) is 3. The number of anilines is 2. The van der Waals surface area contributed by atoms with Gasteiger partial charge in [-0.15, -0.1) is 0 Å². The summed E-state index contributed by atoms with van der Waals surface area (Å²) in [5.74, 6) is -0.262. The number of aromatic nitrogens is 2. The summed E-state index contributed by atoms with van der Waals surface area (Å²) in [5.41, 5.74) is 11.3. The fourth-order valence-electron chi connectivity index (χ4n) is 4.70. The van der Waals surface area contributed by atoms with Crippen molar-refractivity contribution in [1.82, 2.24) is 9.97 Å². The Hall–Kier alpha value is -4.96. The maximum Gasteiger partial charge on any atom is 0.247 e. The summed E-state index contributed by atoms with van der Waals surface area (Å²) in [4.78, 5) is 32.5. The highest BCUT2D eigenvalue weighted by Crippen LogP contribution is 2.41. The number of nitrogens with zero attached hydrogens (tertiary/aromatic N) is 2. The zero-order chi connectivity index (χ0) is 25.2. The standard InChI is InChI=1S/C29H23N5O2/c1-17(34-24-13-25(31)32-16-21(24)14-30)23-12-19-8-5-9-22(20-10-11-26(35)33-15-20)28(19)29(36)27(23)18-6-3-2-4-7-18/h2-13,15-17,27H,1H3,(H,33,35)(H3,31,32,34)/t17-,27?/m0/s1. The van der Waals surface area contributed by atoms with Crippen molar-refractivity contribution < 1.29 is 4.79 Å². The summed E-state index contributed by atoms with van der Waals surface area (Å²) in [6, 6.07) is 22.0. The number of pyridine rings is 2. The van der Waals surface area contributed by atoms with Crippen LogP contribution in [0.25, 0.3) is 17.2 Å². The molecule has 7 heteroatoms. The van der Waals surface area contributed by atoms with Crippen LogP contribution in [0.1, 0.15) is 39.9 Å². The second-order valence-electron chi connectivity index (χ2n) is 8.70. The molecule has 36 heavy (non-hydrogen) atoms. The molecule has 7 nitrogen and oxygen atoms in total. The molecule has 2 aromatic carbocycles. The Kier molecular flexibility index (Phi) is 5.93. The Bertz CT molecular complexity index is 1580. The van der Waals surface area contributed by atoms with Crippen LogP contribution < -0.4 is 16.6 Å². The molecule has 176 valence electrons. The van der Waals surface area contributed by atoms with Gasteiger partial charge in [0, 0.05) is 36.1 Å². The predicted molar refractivity (Wildman–Crippen MR) is 140 cm³/mol. The minimum atomic E-state index is -0.533. The van der Waals surface area contributed by atoms with E-state index in [0.29, 0.717) is 22.6 Å². The molecule has 2 aromatic heterocycles. The molecule has 0 fully saturated rings. The first-order chi connectivity index (χ1) is 17.5. The average molecular weight is 474 g/mol. The molecule has 5 rings (SSSR count). The predicted octanol–water partition coefficient (Wildman–Crippen LogP) is 4.75. The van der Waals surface area contributed by atoms with E-state index >= 15 is 0 Å².